The lowest BCUT2D eigenvalue weighted by atomic mass is 10.1. The number of esters is 1. The first-order valence-electron chi connectivity index (χ1n) is 8.25. The molecule has 0 spiro atoms. The van der Waals surface area contributed by atoms with E-state index >= 15 is 0 Å². The van der Waals surface area contributed by atoms with Crippen LogP contribution in [0.4, 0.5) is 11.4 Å². The van der Waals surface area contributed by atoms with Gasteiger partial charge in [0.2, 0.25) is 0 Å². The van der Waals surface area contributed by atoms with Crippen molar-refractivity contribution in [1.82, 2.24) is 0 Å². The number of hydrogen-bond donors (Lipinski definition) is 1. The summed E-state index contributed by atoms with van der Waals surface area (Å²) in [4.78, 5) is 34.4. The van der Waals surface area contributed by atoms with Crippen LogP contribution in [0.25, 0.3) is 0 Å². The van der Waals surface area contributed by atoms with Crippen molar-refractivity contribution >= 4 is 23.3 Å². The van der Waals surface area contributed by atoms with Gasteiger partial charge in [0.25, 0.3) is 11.6 Å². The summed E-state index contributed by atoms with van der Waals surface area (Å²) in [6, 6.07) is 9.19. The first-order chi connectivity index (χ1) is 13.3. The molecule has 2 rings (SSSR count). The van der Waals surface area contributed by atoms with Crippen LogP contribution >= 0.6 is 0 Å². The van der Waals surface area contributed by atoms with Gasteiger partial charge in [-0.2, -0.15) is 0 Å². The van der Waals surface area contributed by atoms with Gasteiger partial charge in [0, 0.05) is 17.7 Å². The molecule has 0 saturated heterocycles. The molecule has 0 heterocycles. The number of anilines is 1. The number of benzene rings is 2. The molecule has 0 unspecified atom stereocenters. The predicted octanol–water partition coefficient (Wildman–Crippen LogP) is 2.64. The van der Waals surface area contributed by atoms with E-state index in [-0.39, 0.29) is 23.5 Å². The van der Waals surface area contributed by atoms with E-state index < -0.39 is 23.4 Å². The average molecular weight is 388 g/mol. The summed E-state index contributed by atoms with van der Waals surface area (Å²) >= 11 is 0. The second kappa shape index (κ2) is 9.36. The topological polar surface area (TPSA) is 117 Å². The molecule has 0 saturated carbocycles. The number of carbonyl (C=O) groups is 2. The molecule has 9 nitrogen and oxygen atoms in total. The van der Waals surface area contributed by atoms with Crippen LogP contribution in [0.1, 0.15) is 11.1 Å². The van der Waals surface area contributed by atoms with Gasteiger partial charge in [-0.05, 0) is 19.1 Å². The number of rotatable bonds is 8. The average Bonchev–Trinajstić information content (AvgIpc) is 2.66. The smallest absolute Gasteiger partial charge is 0.310 e. The number of nitro benzene ring substituents is 1. The van der Waals surface area contributed by atoms with Crippen molar-refractivity contribution in [2.45, 2.75) is 13.3 Å². The van der Waals surface area contributed by atoms with Crippen LogP contribution in [0.3, 0.4) is 0 Å². The number of nitro groups is 1. The van der Waals surface area contributed by atoms with Crippen molar-refractivity contribution in [2.75, 3.05) is 26.1 Å². The zero-order valence-electron chi connectivity index (χ0n) is 15.7. The van der Waals surface area contributed by atoms with E-state index in [1.165, 1.54) is 26.4 Å². The molecule has 1 amide bonds. The number of ether oxygens (including phenoxy) is 3. The van der Waals surface area contributed by atoms with Crippen molar-refractivity contribution in [3.8, 4) is 11.5 Å². The highest BCUT2D eigenvalue weighted by Gasteiger charge is 2.16. The Bertz CT molecular complexity index is 896. The Kier molecular flexibility index (Phi) is 6.91. The Balaban J connectivity index is 1.97. The molecular formula is C19H20N2O7. The molecule has 2 aromatic carbocycles. The van der Waals surface area contributed by atoms with Gasteiger partial charge >= 0.3 is 5.97 Å². The fraction of sp³-hybridized carbons (Fsp3) is 0.263. The van der Waals surface area contributed by atoms with Gasteiger partial charge in [-0.15, -0.1) is 0 Å². The van der Waals surface area contributed by atoms with Crippen molar-refractivity contribution < 1.29 is 28.7 Å². The fourth-order valence-corrected chi connectivity index (χ4v) is 2.49. The molecule has 2 aromatic rings. The van der Waals surface area contributed by atoms with Crippen molar-refractivity contribution in [3.63, 3.8) is 0 Å². The van der Waals surface area contributed by atoms with Crippen LogP contribution in [0.2, 0.25) is 0 Å². The number of nitrogens with zero attached hydrogens (tertiary/aromatic N) is 1. The third-order valence-corrected chi connectivity index (χ3v) is 3.80. The molecule has 0 fully saturated rings. The number of carbonyl (C=O) groups excluding carboxylic acids is 2. The molecule has 148 valence electrons. The lowest BCUT2D eigenvalue weighted by molar-refractivity contribution is -0.384. The highest BCUT2D eigenvalue weighted by molar-refractivity contribution is 5.94. The molecule has 0 aliphatic heterocycles. The summed E-state index contributed by atoms with van der Waals surface area (Å²) in [7, 11) is 2.87. The minimum absolute atomic E-state index is 0.0573. The molecule has 0 aliphatic rings. The Labute approximate surface area is 161 Å². The summed E-state index contributed by atoms with van der Waals surface area (Å²) in [5, 5.41) is 13.3. The summed E-state index contributed by atoms with van der Waals surface area (Å²) < 4.78 is 15.3. The number of amides is 1. The van der Waals surface area contributed by atoms with Gasteiger partial charge in [0.1, 0.15) is 11.5 Å². The quantitative estimate of drug-likeness (QED) is 0.420. The molecule has 28 heavy (non-hydrogen) atoms. The van der Waals surface area contributed by atoms with Gasteiger partial charge in [0.05, 0.1) is 31.3 Å². The summed E-state index contributed by atoms with van der Waals surface area (Å²) in [6.07, 6.45) is -0.0573. The number of hydrogen-bond acceptors (Lipinski definition) is 7. The zero-order chi connectivity index (χ0) is 20.7. The van der Waals surface area contributed by atoms with Crippen molar-refractivity contribution in [2.24, 2.45) is 0 Å². The first-order valence-corrected chi connectivity index (χ1v) is 8.25. The number of aryl methyl sites for hydroxylation is 1. The maximum absolute atomic E-state index is 12.1. The standard InChI is InChI=1S/C19H20N2O7/c1-12-4-6-16(26-2)13(8-12)9-19(23)28-11-18(22)20-15-10-14(21(24)25)5-7-17(15)27-3/h4-8,10H,9,11H2,1-3H3,(H,20,22). The normalized spacial score (nSPS) is 10.1. The summed E-state index contributed by atoms with van der Waals surface area (Å²) in [5.74, 6) is -0.462. The van der Waals surface area contributed by atoms with Crippen LogP contribution in [-0.4, -0.2) is 37.6 Å². The van der Waals surface area contributed by atoms with Gasteiger partial charge in [0.15, 0.2) is 6.61 Å². The second-order valence-electron chi connectivity index (χ2n) is 5.84. The minimum atomic E-state index is -0.650. The van der Waals surface area contributed by atoms with Gasteiger partial charge in [-0.25, -0.2) is 0 Å². The SMILES string of the molecule is COc1ccc(C)cc1CC(=O)OCC(=O)Nc1cc([N+](=O)[O-])ccc1OC. The van der Waals surface area contributed by atoms with Crippen molar-refractivity contribution in [1.29, 1.82) is 0 Å². The predicted molar refractivity (Wildman–Crippen MR) is 101 cm³/mol. The van der Waals surface area contributed by atoms with Gasteiger partial charge < -0.3 is 19.5 Å². The fourth-order valence-electron chi connectivity index (χ4n) is 2.49. The molecule has 0 atom stereocenters. The van der Waals surface area contributed by atoms with E-state index in [0.717, 1.165) is 11.6 Å². The van der Waals surface area contributed by atoms with E-state index in [1.54, 1.807) is 12.1 Å². The lowest BCUT2D eigenvalue weighted by Crippen LogP contribution is -2.22. The third kappa shape index (κ3) is 5.44. The Hall–Kier alpha value is -3.62. The van der Waals surface area contributed by atoms with Crippen LogP contribution in [-0.2, 0) is 20.7 Å². The summed E-state index contributed by atoms with van der Waals surface area (Å²) in [6.45, 7) is 1.34. The Morgan fingerprint density at radius 1 is 1.07 bits per heavy atom. The monoisotopic (exact) mass is 388 g/mol. The highest BCUT2D eigenvalue weighted by atomic mass is 16.6. The Morgan fingerprint density at radius 2 is 1.75 bits per heavy atom. The van der Waals surface area contributed by atoms with Crippen LogP contribution in [0.15, 0.2) is 36.4 Å². The molecular weight excluding hydrogens is 368 g/mol. The molecule has 1 N–H and O–H groups in total. The van der Waals surface area contributed by atoms with Crippen molar-refractivity contribution in [3.05, 3.63) is 57.6 Å². The van der Waals surface area contributed by atoms with Gasteiger partial charge in [-0.1, -0.05) is 17.7 Å². The van der Waals surface area contributed by atoms with Crippen LogP contribution < -0.4 is 14.8 Å². The molecule has 0 bridgehead atoms. The number of methoxy groups -OCH3 is 2. The second-order valence-corrected chi connectivity index (χ2v) is 5.84. The highest BCUT2D eigenvalue weighted by Crippen LogP contribution is 2.28. The number of non-ortho nitro benzene ring substituents is 1. The molecule has 0 aliphatic carbocycles. The first kappa shape index (κ1) is 20.7. The molecule has 0 radical (unpaired) electrons. The maximum atomic E-state index is 12.1. The van der Waals surface area contributed by atoms with E-state index in [1.807, 2.05) is 13.0 Å². The van der Waals surface area contributed by atoms with E-state index in [2.05, 4.69) is 5.32 Å². The minimum Gasteiger partial charge on any atom is -0.496 e. The van der Waals surface area contributed by atoms with Gasteiger partial charge in [-0.3, -0.25) is 19.7 Å². The largest absolute Gasteiger partial charge is 0.496 e. The lowest BCUT2D eigenvalue weighted by Gasteiger charge is -2.11. The molecule has 9 heteroatoms. The molecule has 0 aromatic heterocycles. The third-order valence-electron chi connectivity index (χ3n) is 3.80. The Morgan fingerprint density at radius 3 is 2.39 bits per heavy atom. The number of nitrogens with one attached hydrogen (secondary N) is 1. The van der Waals surface area contributed by atoms with E-state index in [9.17, 15) is 19.7 Å². The van der Waals surface area contributed by atoms with E-state index in [4.69, 9.17) is 14.2 Å². The van der Waals surface area contributed by atoms with Crippen LogP contribution in [0.5, 0.6) is 11.5 Å². The summed E-state index contributed by atoms with van der Waals surface area (Å²) in [5.41, 5.74) is 1.50. The van der Waals surface area contributed by atoms with Crippen LogP contribution in [0, 0.1) is 17.0 Å². The maximum Gasteiger partial charge on any atom is 0.310 e. The zero-order valence-corrected chi connectivity index (χ0v) is 15.7. The van der Waals surface area contributed by atoms with E-state index in [0.29, 0.717) is 11.3 Å².